The van der Waals surface area contributed by atoms with Crippen LogP contribution in [-0.2, 0) is 21.2 Å². The van der Waals surface area contributed by atoms with Gasteiger partial charge >= 0.3 is 0 Å². The Balaban J connectivity index is 1.69. The van der Waals surface area contributed by atoms with Gasteiger partial charge in [-0.3, -0.25) is 10.2 Å². The van der Waals surface area contributed by atoms with E-state index in [4.69, 9.17) is 5.41 Å². The number of carbonyl (C=O) groups is 1. The average Bonchev–Trinajstić information content (AvgIpc) is 3.05. The lowest BCUT2D eigenvalue weighted by Gasteiger charge is -2.32. The molecular formula is C18H26N4O3S. The van der Waals surface area contributed by atoms with Crippen molar-refractivity contribution in [3.63, 3.8) is 0 Å². The fraction of sp³-hybridized carbons (Fsp3) is 0.556. The zero-order valence-electron chi connectivity index (χ0n) is 14.9. The maximum atomic E-state index is 12.9. The minimum absolute atomic E-state index is 0.108. The Hall–Kier alpha value is -2.09. The number of nitrogens with one attached hydrogen (secondary N) is 2. The summed E-state index contributed by atoms with van der Waals surface area (Å²) in [6, 6.07) is 6.99. The third kappa shape index (κ3) is 3.85. The molecule has 1 amide bonds. The van der Waals surface area contributed by atoms with Crippen molar-refractivity contribution in [1.29, 1.82) is 5.41 Å². The summed E-state index contributed by atoms with van der Waals surface area (Å²) < 4.78 is 27.1. The number of hydrogen-bond donors (Lipinski definition) is 2. The van der Waals surface area contributed by atoms with Gasteiger partial charge in [0.25, 0.3) is 10.0 Å². The normalized spacial score (nSPS) is 19.0. The van der Waals surface area contributed by atoms with Crippen molar-refractivity contribution in [2.24, 2.45) is 0 Å². The molecule has 1 saturated carbocycles. The molecule has 2 aliphatic rings. The number of hydrogen-bond acceptors (Lipinski definition) is 4. The van der Waals surface area contributed by atoms with Gasteiger partial charge < -0.3 is 10.2 Å². The molecule has 0 aromatic heterocycles. The number of nitrogens with zero attached hydrogens (tertiary/aromatic N) is 2. The molecule has 1 aromatic rings. The Morgan fingerprint density at radius 1 is 1.12 bits per heavy atom. The van der Waals surface area contributed by atoms with Gasteiger partial charge in [-0.25, -0.2) is 12.7 Å². The van der Waals surface area contributed by atoms with E-state index in [2.05, 4.69) is 5.32 Å². The van der Waals surface area contributed by atoms with Gasteiger partial charge in [0.1, 0.15) is 0 Å². The molecule has 26 heavy (non-hydrogen) atoms. The first-order valence-electron chi connectivity index (χ1n) is 9.18. The van der Waals surface area contributed by atoms with Crippen LogP contribution in [0, 0.1) is 5.41 Å². The zero-order valence-corrected chi connectivity index (χ0v) is 15.7. The Morgan fingerprint density at radius 2 is 1.81 bits per heavy atom. The van der Waals surface area contributed by atoms with Gasteiger partial charge in [-0.15, -0.1) is 0 Å². The van der Waals surface area contributed by atoms with Crippen LogP contribution in [0.3, 0.4) is 0 Å². The minimum Gasteiger partial charge on any atom is -0.358 e. The highest BCUT2D eigenvalue weighted by molar-refractivity contribution is 7.89. The van der Waals surface area contributed by atoms with E-state index in [0.717, 1.165) is 31.2 Å². The molecule has 1 saturated heterocycles. The van der Waals surface area contributed by atoms with Gasteiger partial charge in [0.05, 0.1) is 11.4 Å². The van der Waals surface area contributed by atoms with Gasteiger partial charge in [-0.2, -0.15) is 0 Å². The molecule has 0 unspecified atom stereocenters. The van der Waals surface area contributed by atoms with Crippen molar-refractivity contribution in [2.45, 2.75) is 49.5 Å². The molecule has 0 atom stereocenters. The van der Waals surface area contributed by atoms with Crippen LogP contribution in [-0.4, -0.2) is 55.7 Å². The number of sulfonamides is 1. The summed E-state index contributed by atoms with van der Waals surface area (Å²) >= 11 is 0. The van der Waals surface area contributed by atoms with Crippen LogP contribution in [0.4, 0.5) is 0 Å². The van der Waals surface area contributed by atoms with E-state index in [-0.39, 0.29) is 10.9 Å². The predicted molar refractivity (Wildman–Crippen MR) is 99.4 cm³/mol. The average molecular weight is 378 g/mol. The molecule has 3 rings (SSSR count). The predicted octanol–water partition coefficient (Wildman–Crippen LogP) is 1.55. The quantitative estimate of drug-likeness (QED) is 0.556. The third-order valence-electron chi connectivity index (χ3n) is 5.22. The van der Waals surface area contributed by atoms with E-state index in [1.54, 1.807) is 24.3 Å². The van der Waals surface area contributed by atoms with Gasteiger partial charge in [-0.05, 0) is 37.0 Å². The van der Waals surface area contributed by atoms with E-state index in [1.165, 1.54) is 10.7 Å². The van der Waals surface area contributed by atoms with E-state index >= 15 is 0 Å². The second-order valence-corrected chi connectivity index (χ2v) is 8.71. The fourth-order valence-electron chi connectivity index (χ4n) is 3.77. The molecule has 0 spiro atoms. The van der Waals surface area contributed by atoms with Gasteiger partial charge in [0.2, 0.25) is 12.4 Å². The summed E-state index contributed by atoms with van der Waals surface area (Å²) in [6.45, 7) is 1.45. The van der Waals surface area contributed by atoms with Crippen molar-refractivity contribution in [1.82, 2.24) is 14.5 Å². The first kappa shape index (κ1) is 18.7. The van der Waals surface area contributed by atoms with Crippen LogP contribution in [0.2, 0.25) is 0 Å². The van der Waals surface area contributed by atoms with Crippen LogP contribution in [0.1, 0.15) is 37.7 Å². The van der Waals surface area contributed by atoms with E-state index in [0.29, 0.717) is 38.5 Å². The topological polar surface area (TPSA) is 93.6 Å². The van der Waals surface area contributed by atoms with Crippen LogP contribution in [0.15, 0.2) is 29.2 Å². The molecule has 8 heteroatoms. The lowest BCUT2D eigenvalue weighted by Crippen LogP contribution is -2.42. The number of amides is 1. The molecule has 2 N–H and O–H groups in total. The Bertz CT molecular complexity index is 742. The maximum Gasteiger partial charge on any atom is 0.266 e. The van der Waals surface area contributed by atoms with Crippen molar-refractivity contribution < 1.29 is 13.2 Å². The number of guanidine groups is 1. The molecule has 1 heterocycles. The summed E-state index contributed by atoms with van der Waals surface area (Å²) in [5.41, 5.74) is 0.957. The first-order valence-corrected chi connectivity index (χ1v) is 10.6. The van der Waals surface area contributed by atoms with Crippen LogP contribution in [0.25, 0.3) is 0 Å². The smallest absolute Gasteiger partial charge is 0.266 e. The second kappa shape index (κ2) is 8.07. The van der Waals surface area contributed by atoms with Crippen molar-refractivity contribution in [3.8, 4) is 0 Å². The molecule has 0 bridgehead atoms. The van der Waals surface area contributed by atoms with Gasteiger partial charge in [0.15, 0.2) is 0 Å². The highest BCUT2D eigenvalue weighted by Crippen LogP contribution is 2.28. The highest BCUT2D eigenvalue weighted by atomic mass is 32.2. The van der Waals surface area contributed by atoms with Crippen molar-refractivity contribution in [2.75, 3.05) is 19.6 Å². The molecule has 0 radical (unpaired) electrons. The fourth-order valence-corrected chi connectivity index (χ4v) is 5.16. The number of benzene rings is 1. The maximum absolute atomic E-state index is 12.9. The lowest BCUT2D eigenvalue weighted by molar-refractivity contribution is -0.109. The van der Waals surface area contributed by atoms with Crippen molar-refractivity contribution in [3.05, 3.63) is 29.8 Å². The van der Waals surface area contributed by atoms with Gasteiger partial charge in [0, 0.05) is 19.1 Å². The molecular weight excluding hydrogens is 352 g/mol. The summed E-state index contributed by atoms with van der Waals surface area (Å²) in [5, 5.41) is 11.0. The van der Waals surface area contributed by atoms with Crippen LogP contribution in [0.5, 0.6) is 0 Å². The largest absolute Gasteiger partial charge is 0.358 e. The standard InChI is InChI=1S/C18H26N4O3S/c19-18-21(16-4-2-1-3-5-16)12-13-22(18)26(24,25)17-8-6-15(7-9-17)10-11-20-14-23/h6-9,14,16,19H,1-5,10-13H2,(H,20,23). The highest BCUT2D eigenvalue weighted by Gasteiger charge is 2.38. The Kier molecular flexibility index (Phi) is 5.80. The summed E-state index contributed by atoms with van der Waals surface area (Å²) in [4.78, 5) is 12.4. The summed E-state index contributed by atoms with van der Waals surface area (Å²) in [7, 11) is -3.71. The zero-order chi connectivity index (χ0) is 18.6. The number of rotatable bonds is 7. The van der Waals surface area contributed by atoms with Crippen molar-refractivity contribution >= 4 is 22.4 Å². The summed E-state index contributed by atoms with van der Waals surface area (Å²) in [6.07, 6.45) is 6.92. The van der Waals surface area contributed by atoms with Gasteiger partial charge in [-0.1, -0.05) is 31.4 Å². The van der Waals surface area contributed by atoms with Crippen LogP contribution >= 0.6 is 0 Å². The van der Waals surface area contributed by atoms with E-state index < -0.39 is 10.0 Å². The molecule has 142 valence electrons. The second-order valence-electron chi connectivity index (χ2n) is 6.85. The lowest BCUT2D eigenvalue weighted by atomic mass is 9.94. The summed E-state index contributed by atoms with van der Waals surface area (Å²) in [5.74, 6) is 0.108. The Labute approximate surface area is 154 Å². The third-order valence-corrected chi connectivity index (χ3v) is 7.02. The van der Waals surface area contributed by atoms with E-state index in [1.807, 2.05) is 4.90 Å². The first-order chi connectivity index (χ1) is 12.5. The SMILES string of the molecule is N=C1N(C2CCCCC2)CCN1S(=O)(=O)c1ccc(CCNC=O)cc1. The van der Waals surface area contributed by atoms with Crippen LogP contribution < -0.4 is 5.32 Å². The minimum atomic E-state index is -3.71. The molecule has 7 nitrogen and oxygen atoms in total. The molecule has 1 aromatic carbocycles. The Morgan fingerprint density at radius 3 is 2.46 bits per heavy atom. The molecule has 1 aliphatic carbocycles. The van der Waals surface area contributed by atoms with E-state index in [9.17, 15) is 13.2 Å². The molecule has 2 fully saturated rings. The number of carbonyl (C=O) groups excluding carboxylic acids is 1. The molecule has 1 aliphatic heterocycles. The monoisotopic (exact) mass is 378 g/mol.